The van der Waals surface area contributed by atoms with Crippen molar-refractivity contribution in [1.82, 2.24) is 0 Å². The molecule has 1 heterocycles. The highest BCUT2D eigenvalue weighted by Crippen LogP contribution is 2.70. The Morgan fingerprint density at radius 2 is 1.73 bits per heavy atom. The molecule has 172 valence electrons. The van der Waals surface area contributed by atoms with Crippen LogP contribution in [0.25, 0.3) is 0 Å². The lowest BCUT2D eigenvalue weighted by molar-refractivity contribution is -0.237. The number of hydrogen-bond donors (Lipinski definition) is 2. The van der Waals surface area contributed by atoms with Crippen LogP contribution < -0.4 is 0 Å². The molecule has 2 unspecified atom stereocenters. The van der Waals surface area contributed by atoms with Crippen LogP contribution in [0.2, 0.25) is 0 Å². The zero-order valence-corrected chi connectivity index (χ0v) is 20.1. The quantitative estimate of drug-likeness (QED) is 0.611. The van der Waals surface area contributed by atoms with Gasteiger partial charge in [-0.3, -0.25) is 0 Å². The van der Waals surface area contributed by atoms with E-state index in [0.29, 0.717) is 29.6 Å². The van der Waals surface area contributed by atoms with Crippen LogP contribution >= 0.6 is 0 Å². The first kappa shape index (κ1) is 21.7. The summed E-state index contributed by atoms with van der Waals surface area (Å²) in [5.41, 5.74) is 0.592. The summed E-state index contributed by atoms with van der Waals surface area (Å²) < 4.78 is 6.42. The lowest BCUT2D eigenvalue weighted by Crippen LogP contribution is -2.55. The van der Waals surface area contributed by atoms with Crippen LogP contribution in [-0.2, 0) is 4.74 Å². The van der Waals surface area contributed by atoms with E-state index >= 15 is 0 Å². The number of fused-ring (bicyclic) bond motifs is 7. The standard InChI is InChI=1S/C27H46O3/c1-16(2)11-15-27(29)17(3)21-24(30-27)23(28)22-19-10-9-18-8-6-7-13-25(18,4)20(19)12-14-26(21,22)5/h16-24,28-29H,6-15H2,1-5H3/t17-,18?,19+,20-,21-,22+,23?,24+,25-,26+,27+/m0/s1. The number of aliphatic hydroxyl groups is 2. The summed E-state index contributed by atoms with van der Waals surface area (Å²) in [4.78, 5) is 0. The first-order valence-electron chi connectivity index (χ1n) is 13.2. The van der Waals surface area contributed by atoms with Crippen LogP contribution in [-0.4, -0.2) is 28.2 Å². The van der Waals surface area contributed by atoms with Gasteiger partial charge in [-0.2, -0.15) is 0 Å². The first-order valence-corrected chi connectivity index (χ1v) is 13.2. The lowest BCUT2D eigenvalue weighted by atomic mass is 9.44. The van der Waals surface area contributed by atoms with E-state index in [1.807, 2.05) is 0 Å². The summed E-state index contributed by atoms with van der Waals surface area (Å²) in [5, 5.41) is 23.1. The Bertz CT molecular complexity index is 662. The molecular formula is C27H46O3. The van der Waals surface area contributed by atoms with E-state index in [0.717, 1.165) is 18.3 Å². The summed E-state index contributed by atoms with van der Waals surface area (Å²) in [6.07, 6.45) is 11.9. The molecule has 0 aromatic heterocycles. The van der Waals surface area contributed by atoms with E-state index in [-0.39, 0.29) is 23.4 Å². The minimum atomic E-state index is -1.06. The number of rotatable bonds is 3. The summed E-state index contributed by atoms with van der Waals surface area (Å²) in [6, 6.07) is 0. The van der Waals surface area contributed by atoms with Gasteiger partial charge in [0.15, 0.2) is 5.79 Å². The van der Waals surface area contributed by atoms with Gasteiger partial charge >= 0.3 is 0 Å². The van der Waals surface area contributed by atoms with Gasteiger partial charge < -0.3 is 14.9 Å². The fourth-order valence-electron chi connectivity index (χ4n) is 9.80. The molecule has 0 spiro atoms. The van der Waals surface area contributed by atoms with Crippen molar-refractivity contribution < 1.29 is 14.9 Å². The fraction of sp³-hybridized carbons (Fsp3) is 1.00. The third-order valence-electron chi connectivity index (χ3n) is 11.4. The topological polar surface area (TPSA) is 49.7 Å². The molecule has 0 aromatic rings. The second-order valence-corrected chi connectivity index (χ2v) is 13.0. The summed E-state index contributed by atoms with van der Waals surface area (Å²) in [6.45, 7) is 11.7. The van der Waals surface area contributed by atoms with Gasteiger partial charge in [-0.25, -0.2) is 0 Å². The van der Waals surface area contributed by atoms with Gasteiger partial charge in [0.25, 0.3) is 0 Å². The zero-order chi connectivity index (χ0) is 21.5. The van der Waals surface area contributed by atoms with Crippen molar-refractivity contribution in [3.05, 3.63) is 0 Å². The van der Waals surface area contributed by atoms with E-state index in [4.69, 9.17) is 4.74 Å². The zero-order valence-electron chi connectivity index (χ0n) is 20.1. The van der Waals surface area contributed by atoms with Gasteiger partial charge in [0, 0.05) is 18.3 Å². The number of ether oxygens (including phenoxy) is 1. The molecular weight excluding hydrogens is 372 g/mol. The smallest absolute Gasteiger partial charge is 0.168 e. The Labute approximate surface area is 184 Å². The van der Waals surface area contributed by atoms with Crippen LogP contribution in [0, 0.1) is 52.3 Å². The Balaban J connectivity index is 1.42. The van der Waals surface area contributed by atoms with Crippen molar-refractivity contribution in [2.24, 2.45) is 52.3 Å². The molecule has 1 saturated heterocycles. The molecule has 4 aliphatic carbocycles. The predicted molar refractivity (Wildman–Crippen MR) is 120 cm³/mol. The summed E-state index contributed by atoms with van der Waals surface area (Å²) >= 11 is 0. The molecule has 3 heteroatoms. The van der Waals surface area contributed by atoms with E-state index in [1.54, 1.807) is 0 Å². The molecule has 2 N–H and O–H groups in total. The van der Waals surface area contributed by atoms with Crippen molar-refractivity contribution in [2.75, 3.05) is 0 Å². The van der Waals surface area contributed by atoms with Gasteiger partial charge in [0.1, 0.15) is 0 Å². The molecule has 30 heavy (non-hydrogen) atoms. The molecule has 5 rings (SSSR count). The SMILES string of the molecule is CC(C)CC[C@@]1(O)O[C@H]2C(O)[C@H]3[C@@H]4CCC5CCCC[C@]5(C)[C@H]4CC[C@]3(C)[C@H]2[C@@H]1C. The molecule has 5 fully saturated rings. The van der Waals surface area contributed by atoms with Crippen molar-refractivity contribution in [1.29, 1.82) is 0 Å². The van der Waals surface area contributed by atoms with Gasteiger partial charge in [-0.05, 0) is 85.4 Å². The highest BCUT2D eigenvalue weighted by atomic mass is 16.6. The van der Waals surface area contributed by atoms with Gasteiger partial charge in [0.2, 0.25) is 0 Å². The van der Waals surface area contributed by atoms with Crippen molar-refractivity contribution in [2.45, 2.75) is 117 Å². The van der Waals surface area contributed by atoms with Crippen molar-refractivity contribution in [3.8, 4) is 0 Å². The maximum atomic E-state index is 11.7. The first-order chi connectivity index (χ1) is 14.1. The van der Waals surface area contributed by atoms with Gasteiger partial charge in [0.05, 0.1) is 12.2 Å². The van der Waals surface area contributed by atoms with Crippen LogP contribution in [0.3, 0.4) is 0 Å². The van der Waals surface area contributed by atoms with E-state index in [9.17, 15) is 10.2 Å². The monoisotopic (exact) mass is 418 g/mol. The Morgan fingerprint density at radius 1 is 0.967 bits per heavy atom. The largest absolute Gasteiger partial charge is 0.390 e. The second-order valence-electron chi connectivity index (χ2n) is 13.0. The normalized spacial score (nSPS) is 57.6. The minimum Gasteiger partial charge on any atom is -0.390 e. The lowest BCUT2D eigenvalue weighted by Gasteiger charge is -2.61. The number of hydrogen-bond acceptors (Lipinski definition) is 3. The van der Waals surface area contributed by atoms with Gasteiger partial charge in [-0.15, -0.1) is 0 Å². The van der Waals surface area contributed by atoms with Crippen molar-refractivity contribution in [3.63, 3.8) is 0 Å². The summed E-state index contributed by atoms with van der Waals surface area (Å²) in [7, 11) is 0. The second kappa shape index (κ2) is 7.19. The van der Waals surface area contributed by atoms with Crippen LogP contribution in [0.1, 0.15) is 98.8 Å². The molecule has 4 saturated carbocycles. The average molecular weight is 419 g/mol. The van der Waals surface area contributed by atoms with E-state index in [1.165, 1.54) is 51.4 Å². The molecule has 0 aromatic carbocycles. The molecule has 11 atom stereocenters. The van der Waals surface area contributed by atoms with E-state index < -0.39 is 11.9 Å². The maximum absolute atomic E-state index is 11.7. The predicted octanol–water partition coefficient (Wildman–Crippen LogP) is 5.78. The van der Waals surface area contributed by atoms with Crippen molar-refractivity contribution >= 4 is 0 Å². The van der Waals surface area contributed by atoms with Crippen LogP contribution in [0.15, 0.2) is 0 Å². The Kier molecular flexibility index (Phi) is 5.20. The van der Waals surface area contributed by atoms with Crippen LogP contribution in [0.4, 0.5) is 0 Å². The highest BCUT2D eigenvalue weighted by Gasteiger charge is 2.71. The third-order valence-corrected chi connectivity index (χ3v) is 11.4. The molecule has 0 radical (unpaired) electrons. The van der Waals surface area contributed by atoms with E-state index in [2.05, 4.69) is 34.6 Å². The average Bonchev–Trinajstić information content (AvgIpc) is 3.09. The Hall–Kier alpha value is -0.120. The highest BCUT2D eigenvalue weighted by molar-refractivity contribution is 5.17. The molecule has 0 amide bonds. The summed E-state index contributed by atoms with van der Waals surface area (Å²) in [5.74, 6) is 2.56. The molecule has 3 nitrogen and oxygen atoms in total. The van der Waals surface area contributed by atoms with Gasteiger partial charge in [-0.1, -0.05) is 47.5 Å². The number of aliphatic hydroxyl groups excluding tert-OH is 1. The minimum absolute atomic E-state index is 0.101. The fourth-order valence-corrected chi connectivity index (χ4v) is 9.80. The third kappa shape index (κ3) is 2.86. The molecule has 0 bridgehead atoms. The maximum Gasteiger partial charge on any atom is 0.168 e. The van der Waals surface area contributed by atoms with Crippen LogP contribution in [0.5, 0.6) is 0 Å². The molecule has 5 aliphatic rings. The molecule has 1 aliphatic heterocycles. The Morgan fingerprint density at radius 3 is 2.47 bits per heavy atom.